The summed E-state index contributed by atoms with van der Waals surface area (Å²) in [6.07, 6.45) is 1.63. The molecule has 0 aromatic heterocycles. The molecule has 0 heterocycles. The number of halogens is 4. The average Bonchev–Trinajstić information content (AvgIpc) is 2.67. The van der Waals surface area contributed by atoms with Crippen LogP contribution in [0.1, 0.15) is 16.7 Å². The lowest BCUT2D eigenvalue weighted by Gasteiger charge is -2.12. The van der Waals surface area contributed by atoms with Crippen molar-refractivity contribution in [2.45, 2.75) is 6.61 Å². The van der Waals surface area contributed by atoms with Gasteiger partial charge in [0.2, 0.25) is 0 Å². The molecule has 0 spiro atoms. The Labute approximate surface area is 184 Å². The van der Waals surface area contributed by atoms with Crippen LogP contribution in [0, 0.1) is 17.1 Å². The van der Waals surface area contributed by atoms with Crippen molar-refractivity contribution >= 4 is 55.1 Å². The zero-order valence-electron chi connectivity index (χ0n) is 14.4. The molecule has 0 unspecified atom stereocenters. The van der Waals surface area contributed by atoms with Gasteiger partial charge in [0, 0.05) is 16.1 Å². The zero-order chi connectivity index (χ0) is 20.1. The Morgan fingerprint density at radius 3 is 2.36 bits per heavy atom. The maximum atomic E-state index is 14.0. The third-order valence-electron chi connectivity index (χ3n) is 3.95. The molecule has 0 bridgehead atoms. The van der Waals surface area contributed by atoms with Gasteiger partial charge in [-0.1, -0.05) is 48.0 Å². The molecule has 140 valence electrons. The van der Waals surface area contributed by atoms with Gasteiger partial charge in [0.15, 0.2) is 0 Å². The first kappa shape index (κ1) is 20.6. The first-order valence-electron chi connectivity index (χ1n) is 8.21. The fourth-order valence-corrected chi connectivity index (χ4v) is 4.22. The maximum Gasteiger partial charge on any atom is 0.148 e. The Kier molecular flexibility index (Phi) is 6.90. The van der Waals surface area contributed by atoms with Crippen molar-refractivity contribution in [3.05, 3.63) is 97.1 Å². The minimum atomic E-state index is -0.437. The number of benzene rings is 3. The Morgan fingerprint density at radius 2 is 1.71 bits per heavy atom. The average molecular weight is 522 g/mol. The standard InChI is InChI=1S/C22H13Br2ClFNO/c23-18-10-14(9-16(12-27)17-6-2-4-8-21(17)26)11-19(24)22(18)28-13-15-5-1-3-7-20(15)25/h1-11H,13H2/b16-9-. The van der Waals surface area contributed by atoms with Gasteiger partial charge in [0.05, 0.1) is 20.6 Å². The van der Waals surface area contributed by atoms with Gasteiger partial charge in [-0.2, -0.15) is 5.26 Å². The van der Waals surface area contributed by atoms with Gasteiger partial charge >= 0.3 is 0 Å². The summed E-state index contributed by atoms with van der Waals surface area (Å²) in [6.45, 7) is 0.310. The van der Waals surface area contributed by atoms with Crippen LogP contribution in [0.25, 0.3) is 11.6 Å². The molecular formula is C22H13Br2ClFNO. The van der Waals surface area contributed by atoms with Gasteiger partial charge in [-0.15, -0.1) is 0 Å². The summed E-state index contributed by atoms with van der Waals surface area (Å²) in [4.78, 5) is 0. The Hall–Kier alpha value is -2.13. The highest BCUT2D eigenvalue weighted by molar-refractivity contribution is 9.11. The lowest BCUT2D eigenvalue weighted by molar-refractivity contribution is 0.302. The first-order valence-corrected chi connectivity index (χ1v) is 10.2. The van der Waals surface area contributed by atoms with E-state index in [1.54, 1.807) is 24.3 Å². The topological polar surface area (TPSA) is 33.0 Å². The number of ether oxygens (including phenoxy) is 1. The second kappa shape index (κ2) is 9.38. The van der Waals surface area contributed by atoms with Crippen LogP contribution in [0.15, 0.2) is 69.6 Å². The van der Waals surface area contributed by atoms with Crippen LogP contribution < -0.4 is 4.74 Å². The van der Waals surface area contributed by atoms with Crippen LogP contribution in [0.2, 0.25) is 5.02 Å². The van der Waals surface area contributed by atoms with Gasteiger partial charge in [0.1, 0.15) is 18.2 Å². The first-order chi connectivity index (χ1) is 13.5. The molecule has 3 aromatic carbocycles. The second-order valence-electron chi connectivity index (χ2n) is 5.84. The largest absolute Gasteiger partial charge is 0.486 e. The SMILES string of the molecule is N#C/C(=C/c1cc(Br)c(OCc2ccccc2Cl)c(Br)c1)c1ccccc1F. The van der Waals surface area contributed by atoms with Crippen LogP contribution in [0.5, 0.6) is 5.75 Å². The summed E-state index contributed by atoms with van der Waals surface area (Å²) in [7, 11) is 0. The molecule has 28 heavy (non-hydrogen) atoms. The predicted molar refractivity (Wildman–Crippen MR) is 118 cm³/mol. The molecule has 0 fully saturated rings. The normalized spacial score (nSPS) is 11.2. The Bertz CT molecular complexity index is 1070. The zero-order valence-corrected chi connectivity index (χ0v) is 18.4. The Morgan fingerprint density at radius 1 is 1.07 bits per heavy atom. The molecule has 0 saturated carbocycles. The van der Waals surface area contributed by atoms with Crippen molar-refractivity contribution in [2.75, 3.05) is 0 Å². The molecule has 0 atom stereocenters. The lowest BCUT2D eigenvalue weighted by Crippen LogP contribution is -1.98. The molecule has 0 radical (unpaired) electrons. The highest BCUT2D eigenvalue weighted by Crippen LogP contribution is 2.36. The van der Waals surface area contributed by atoms with E-state index in [0.717, 1.165) is 11.1 Å². The summed E-state index contributed by atoms with van der Waals surface area (Å²) in [6, 6.07) is 19.3. The van der Waals surface area contributed by atoms with Crippen molar-refractivity contribution in [2.24, 2.45) is 0 Å². The van der Waals surface area contributed by atoms with Gasteiger partial charge in [-0.3, -0.25) is 0 Å². The molecule has 0 aliphatic heterocycles. The second-order valence-corrected chi connectivity index (χ2v) is 7.96. The number of nitrogens with zero attached hydrogens (tertiary/aromatic N) is 1. The highest BCUT2D eigenvalue weighted by atomic mass is 79.9. The summed E-state index contributed by atoms with van der Waals surface area (Å²) < 4.78 is 21.3. The lowest BCUT2D eigenvalue weighted by atomic mass is 10.0. The fraction of sp³-hybridized carbons (Fsp3) is 0.0455. The molecule has 0 aliphatic rings. The van der Waals surface area contributed by atoms with Crippen LogP contribution >= 0.6 is 43.5 Å². The molecule has 3 rings (SSSR count). The van der Waals surface area contributed by atoms with E-state index in [9.17, 15) is 9.65 Å². The number of allylic oxidation sites excluding steroid dienone is 1. The van der Waals surface area contributed by atoms with E-state index >= 15 is 0 Å². The molecule has 2 nitrogen and oxygen atoms in total. The molecule has 6 heteroatoms. The number of rotatable bonds is 5. The minimum absolute atomic E-state index is 0.238. The quantitative estimate of drug-likeness (QED) is 0.255. The number of nitriles is 1. The maximum absolute atomic E-state index is 14.0. The molecule has 0 amide bonds. The number of hydrogen-bond donors (Lipinski definition) is 0. The molecule has 3 aromatic rings. The van der Waals surface area contributed by atoms with E-state index in [0.29, 0.717) is 26.3 Å². The van der Waals surface area contributed by atoms with Crippen LogP contribution in [-0.2, 0) is 6.61 Å². The van der Waals surface area contributed by atoms with E-state index in [1.807, 2.05) is 36.4 Å². The third-order valence-corrected chi connectivity index (χ3v) is 5.49. The van der Waals surface area contributed by atoms with Crippen molar-refractivity contribution in [1.82, 2.24) is 0 Å². The summed E-state index contributed by atoms with van der Waals surface area (Å²) in [5.41, 5.74) is 2.10. The monoisotopic (exact) mass is 519 g/mol. The van der Waals surface area contributed by atoms with E-state index in [4.69, 9.17) is 16.3 Å². The van der Waals surface area contributed by atoms with Gasteiger partial charge in [0.25, 0.3) is 0 Å². The Balaban J connectivity index is 1.88. The summed E-state index contributed by atoms with van der Waals surface area (Å²) >= 11 is 13.2. The van der Waals surface area contributed by atoms with E-state index < -0.39 is 5.82 Å². The molecule has 0 saturated heterocycles. The van der Waals surface area contributed by atoms with E-state index in [2.05, 4.69) is 37.9 Å². The molecule has 0 N–H and O–H groups in total. The predicted octanol–water partition coefficient (Wildman–Crippen LogP) is 7.65. The van der Waals surface area contributed by atoms with Gasteiger partial charge in [-0.25, -0.2) is 4.39 Å². The van der Waals surface area contributed by atoms with Crippen LogP contribution in [-0.4, -0.2) is 0 Å². The minimum Gasteiger partial charge on any atom is -0.486 e. The van der Waals surface area contributed by atoms with Crippen LogP contribution in [0.3, 0.4) is 0 Å². The van der Waals surface area contributed by atoms with Crippen molar-refractivity contribution in [1.29, 1.82) is 5.26 Å². The highest BCUT2D eigenvalue weighted by Gasteiger charge is 2.12. The van der Waals surface area contributed by atoms with E-state index in [1.165, 1.54) is 6.07 Å². The molecule has 0 aliphatic carbocycles. The van der Waals surface area contributed by atoms with Crippen molar-refractivity contribution in [3.63, 3.8) is 0 Å². The molecular weight excluding hydrogens is 509 g/mol. The van der Waals surface area contributed by atoms with Crippen molar-refractivity contribution in [3.8, 4) is 11.8 Å². The van der Waals surface area contributed by atoms with Crippen LogP contribution in [0.4, 0.5) is 4.39 Å². The van der Waals surface area contributed by atoms with Gasteiger partial charge < -0.3 is 4.74 Å². The summed E-state index contributed by atoms with van der Waals surface area (Å²) in [5, 5.41) is 10.1. The van der Waals surface area contributed by atoms with E-state index in [-0.39, 0.29) is 11.1 Å². The summed E-state index contributed by atoms with van der Waals surface area (Å²) in [5.74, 6) is 0.176. The smallest absolute Gasteiger partial charge is 0.148 e. The van der Waals surface area contributed by atoms with Crippen molar-refractivity contribution < 1.29 is 9.13 Å². The third kappa shape index (κ3) is 4.82. The van der Waals surface area contributed by atoms with Gasteiger partial charge in [-0.05, 0) is 67.8 Å². The fourth-order valence-electron chi connectivity index (χ4n) is 2.58. The number of hydrogen-bond acceptors (Lipinski definition) is 2.